The fourth-order valence-electron chi connectivity index (χ4n) is 6.07. The van der Waals surface area contributed by atoms with E-state index in [1.165, 1.54) is 5.56 Å². The van der Waals surface area contributed by atoms with Crippen LogP contribution in [0.3, 0.4) is 0 Å². The van der Waals surface area contributed by atoms with Gasteiger partial charge in [0.2, 0.25) is 6.08 Å². The summed E-state index contributed by atoms with van der Waals surface area (Å²) in [5.41, 5.74) is 6.84. The number of aliphatic hydroxyl groups is 1. The van der Waals surface area contributed by atoms with Crippen LogP contribution in [0.5, 0.6) is 0 Å². The smallest absolute Gasteiger partial charge is 0.411 e. The van der Waals surface area contributed by atoms with Gasteiger partial charge in [0.25, 0.3) is 0 Å². The zero-order chi connectivity index (χ0) is 35.5. The van der Waals surface area contributed by atoms with Gasteiger partial charge in [-0.25, -0.2) is 9.59 Å². The van der Waals surface area contributed by atoms with E-state index in [9.17, 15) is 14.7 Å². The Labute approximate surface area is 300 Å². The highest BCUT2D eigenvalue weighted by Crippen LogP contribution is 2.29. The molecule has 0 bridgehead atoms. The van der Waals surface area contributed by atoms with Gasteiger partial charge in [0.05, 0.1) is 17.5 Å². The topological polar surface area (TPSA) is 103 Å². The standard InChI is InChI=1S/C18H20N2O2.C13H9NO.C12H17NO/c21-18(22-15-10-12-19-13-11-15)20-17-9-5-4-8-16(17)14-6-2-1-3-7-14;15-10-14-13-9-5-4-8-12(13)11-6-2-1-3-7-11;14-12-6-8-13(9-7-12)10-11-4-2-1-3-5-11/h1-9,15,19H,10-13H2,(H,20,21);1-9H;1-5,12,14H,6-10H2. The molecule has 7 rings (SSSR count). The van der Waals surface area contributed by atoms with Crippen LogP contribution >= 0.6 is 0 Å². The third kappa shape index (κ3) is 12.2. The minimum Gasteiger partial charge on any atom is -0.446 e. The first-order chi connectivity index (χ1) is 25.1. The molecular weight excluding hydrogens is 636 g/mol. The Morgan fingerprint density at radius 1 is 0.725 bits per heavy atom. The lowest BCUT2D eigenvalue weighted by molar-refractivity contribution is 0.0792. The maximum absolute atomic E-state index is 12.1. The Morgan fingerprint density at radius 3 is 1.88 bits per heavy atom. The van der Waals surface area contributed by atoms with E-state index in [-0.39, 0.29) is 18.3 Å². The molecule has 1 amide bonds. The van der Waals surface area contributed by atoms with Gasteiger partial charge in [-0.1, -0.05) is 127 Å². The Hall–Kier alpha value is -5.37. The Morgan fingerprint density at radius 2 is 1.25 bits per heavy atom. The number of aliphatic imine (C=N–C) groups is 1. The van der Waals surface area contributed by atoms with Crippen LogP contribution in [-0.4, -0.2) is 60.6 Å². The maximum atomic E-state index is 12.1. The van der Waals surface area contributed by atoms with E-state index in [0.717, 1.165) is 86.3 Å². The van der Waals surface area contributed by atoms with E-state index in [4.69, 9.17) is 4.74 Å². The molecule has 0 radical (unpaired) electrons. The van der Waals surface area contributed by atoms with Crippen molar-refractivity contribution in [1.29, 1.82) is 0 Å². The van der Waals surface area contributed by atoms with Gasteiger partial charge in [-0.05, 0) is 67.6 Å². The fraction of sp³-hybridized carbons (Fsp3) is 0.256. The van der Waals surface area contributed by atoms with E-state index in [0.29, 0.717) is 5.69 Å². The molecule has 0 saturated carbocycles. The molecule has 5 aromatic rings. The molecule has 2 aliphatic rings. The number of carbonyl (C=O) groups excluding carboxylic acids is 2. The molecule has 8 nitrogen and oxygen atoms in total. The lowest BCUT2D eigenvalue weighted by atomic mass is 10.0. The summed E-state index contributed by atoms with van der Waals surface area (Å²) in [6.07, 6.45) is 4.71. The van der Waals surface area contributed by atoms with Crippen molar-refractivity contribution >= 4 is 23.5 Å². The zero-order valence-corrected chi connectivity index (χ0v) is 28.9. The van der Waals surface area contributed by atoms with Crippen LogP contribution in [0.1, 0.15) is 31.2 Å². The number of amides is 1. The second kappa shape index (κ2) is 20.3. The van der Waals surface area contributed by atoms with Crippen LogP contribution < -0.4 is 10.6 Å². The second-order valence-electron chi connectivity index (χ2n) is 12.5. The lowest BCUT2D eigenvalue weighted by Crippen LogP contribution is -2.35. The number of ether oxygens (including phenoxy) is 1. The summed E-state index contributed by atoms with van der Waals surface area (Å²) in [6.45, 7) is 4.87. The number of likely N-dealkylation sites (tertiary alicyclic amines) is 1. The van der Waals surface area contributed by atoms with Crippen LogP contribution in [-0.2, 0) is 16.1 Å². The lowest BCUT2D eigenvalue weighted by Gasteiger charge is -2.29. The molecule has 2 fully saturated rings. The fourth-order valence-corrected chi connectivity index (χ4v) is 6.07. The first-order valence-corrected chi connectivity index (χ1v) is 17.6. The Kier molecular flexibility index (Phi) is 14.7. The third-order valence-corrected chi connectivity index (χ3v) is 8.77. The van der Waals surface area contributed by atoms with Gasteiger partial charge in [0.1, 0.15) is 6.10 Å². The molecule has 0 unspecified atom stereocenters. The molecule has 262 valence electrons. The van der Waals surface area contributed by atoms with Crippen molar-refractivity contribution in [3.8, 4) is 22.3 Å². The van der Waals surface area contributed by atoms with E-state index in [1.54, 1.807) is 12.1 Å². The second-order valence-corrected chi connectivity index (χ2v) is 12.5. The number of isocyanates is 1. The number of nitrogens with zero attached hydrogens (tertiary/aromatic N) is 2. The zero-order valence-electron chi connectivity index (χ0n) is 28.9. The van der Waals surface area contributed by atoms with Crippen LogP contribution in [0.4, 0.5) is 16.2 Å². The number of carbonyl (C=O) groups is 1. The van der Waals surface area contributed by atoms with Crippen LogP contribution in [0, 0.1) is 0 Å². The number of rotatable bonds is 7. The molecular formula is C43H46N4O4. The minimum atomic E-state index is -0.379. The molecule has 2 heterocycles. The van der Waals surface area contributed by atoms with Gasteiger partial charge < -0.3 is 15.2 Å². The molecule has 0 aliphatic carbocycles. The number of hydrogen-bond donors (Lipinski definition) is 3. The number of hydrogen-bond acceptors (Lipinski definition) is 7. The van der Waals surface area contributed by atoms with Gasteiger partial charge >= 0.3 is 6.09 Å². The van der Waals surface area contributed by atoms with Crippen molar-refractivity contribution in [3.05, 3.63) is 145 Å². The highest BCUT2D eigenvalue weighted by molar-refractivity contribution is 5.91. The number of anilines is 1. The quantitative estimate of drug-likeness (QED) is 0.117. The molecule has 8 heteroatoms. The number of para-hydroxylation sites is 2. The van der Waals surface area contributed by atoms with Gasteiger partial charge in [0.15, 0.2) is 0 Å². The average Bonchev–Trinajstić information content (AvgIpc) is 3.18. The summed E-state index contributed by atoms with van der Waals surface area (Å²) in [6, 6.07) is 45.6. The Balaban J connectivity index is 0.000000154. The summed E-state index contributed by atoms with van der Waals surface area (Å²) >= 11 is 0. The first kappa shape index (κ1) is 36.9. The van der Waals surface area contributed by atoms with Crippen LogP contribution in [0.25, 0.3) is 22.3 Å². The maximum Gasteiger partial charge on any atom is 0.411 e. The minimum absolute atomic E-state index is 0.00476. The SMILES string of the molecule is O=C(Nc1ccccc1-c1ccccc1)OC1CCNCC1.O=C=Nc1ccccc1-c1ccccc1.OC1CCN(Cc2ccccc2)CC1. The average molecular weight is 683 g/mol. The van der Waals surface area contributed by atoms with E-state index in [1.807, 2.05) is 109 Å². The van der Waals surface area contributed by atoms with Crippen LogP contribution in [0.2, 0.25) is 0 Å². The summed E-state index contributed by atoms with van der Waals surface area (Å²) in [4.78, 5) is 28.5. The summed E-state index contributed by atoms with van der Waals surface area (Å²) in [5, 5.41) is 15.5. The molecule has 0 atom stereocenters. The van der Waals surface area contributed by atoms with Gasteiger partial charge in [0, 0.05) is 30.8 Å². The largest absolute Gasteiger partial charge is 0.446 e. The van der Waals surface area contributed by atoms with Crippen molar-refractivity contribution in [2.75, 3.05) is 31.5 Å². The molecule has 51 heavy (non-hydrogen) atoms. The summed E-state index contributed by atoms with van der Waals surface area (Å²) < 4.78 is 5.50. The number of piperidine rings is 2. The van der Waals surface area contributed by atoms with Crippen molar-refractivity contribution in [2.24, 2.45) is 4.99 Å². The number of aliphatic hydroxyl groups excluding tert-OH is 1. The van der Waals surface area contributed by atoms with Gasteiger partial charge in [-0.2, -0.15) is 4.99 Å². The molecule has 3 N–H and O–H groups in total. The summed E-state index contributed by atoms with van der Waals surface area (Å²) in [5.74, 6) is 0. The van der Waals surface area contributed by atoms with Crippen molar-refractivity contribution < 1.29 is 19.4 Å². The van der Waals surface area contributed by atoms with Crippen molar-refractivity contribution in [3.63, 3.8) is 0 Å². The van der Waals surface area contributed by atoms with E-state index in [2.05, 4.69) is 44.8 Å². The first-order valence-electron chi connectivity index (χ1n) is 17.6. The predicted octanol–water partition coefficient (Wildman–Crippen LogP) is 8.62. The molecule has 0 spiro atoms. The third-order valence-electron chi connectivity index (χ3n) is 8.77. The number of benzene rings is 5. The van der Waals surface area contributed by atoms with E-state index < -0.39 is 0 Å². The molecule has 0 aromatic heterocycles. The summed E-state index contributed by atoms with van der Waals surface area (Å²) in [7, 11) is 0. The van der Waals surface area contributed by atoms with Crippen molar-refractivity contribution in [2.45, 2.75) is 44.4 Å². The highest BCUT2D eigenvalue weighted by Gasteiger charge is 2.18. The molecule has 2 saturated heterocycles. The molecule has 2 aliphatic heterocycles. The molecule has 5 aromatic carbocycles. The normalized spacial score (nSPS) is 14.8. The van der Waals surface area contributed by atoms with Crippen molar-refractivity contribution in [1.82, 2.24) is 10.2 Å². The predicted molar refractivity (Wildman–Crippen MR) is 204 cm³/mol. The van der Waals surface area contributed by atoms with Crippen LogP contribution in [0.15, 0.2) is 145 Å². The van der Waals surface area contributed by atoms with Gasteiger partial charge in [-0.15, -0.1) is 0 Å². The Bertz CT molecular complexity index is 1800. The highest BCUT2D eigenvalue weighted by atomic mass is 16.6. The number of nitrogens with one attached hydrogen (secondary N) is 2. The van der Waals surface area contributed by atoms with E-state index >= 15 is 0 Å². The monoisotopic (exact) mass is 682 g/mol. The van der Waals surface area contributed by atoms with Gasteiger partial charge in [-0.3, -0.25) is 10.2 Å².